The van der Waals surface area contributed by atoms with Crippen LogP contribution in [-0.4, -0.2) is 18.0 Å². The van der Waals surface area contributed by atoms with Crippen LogP contribution in [0.25, 0.3) is 5.70 Å². The third kappa shape index (κ3) is 3.31. The predicted molar refractivity (Wildman–Crippen MR) is 96.6 cm³/mol. The molecule has 0 saturated carbocycles. The lowest BCUT2D eigenvalue weighted by atomic mass is 9.85. The van der Waals surface area contributed by atoms with Crippen LogP contribution in [0.4, 0.5) is 0 Å². The Balaban J connectivity index is 1.55. The van der Waals surface area contributed by atoms with Crippen molar-refractivity contribution in [3.63, 3.8) is 0 Å². The van der Waals surface area contributed by atoms with Crippen molar-refractivity contribution in [1.82, 2.24) is 10.4 Å². The summed E-state index contributed by atoms with van der Waals surface area (Å²) in [6.45, 7) is 2.92. The van der Waals surface area contributed by atoms with Gasteiger partial charge in [0, 0.05) is 24.4 Å². The second-order valence-electron chi connectivity index (χ2n) is 6.70. The topological polar surface area (TPSA) is 24.5 Å². The van der Waals surface area contributed by atoms with Crippen LogP contribution in [0.3, 0.4) is 0 Å². The Morgan fingerprint density at radius 3 is 2.25 bits per heavy atom. The number of hydroxylamine groups is 1. The zero-order valence-electron chi connectivity index (χ0n) is 13.9. The van der Waals surface area contributed by atoms with Crippen molar-refractivity contribution < 1.29 is 4.84 Å². The molecule has 3 saturated heterocycles. The first kappa shape index (κ1) is 15.3. The van der Waals surface area contributed by atoms with E-state index in [0.29, 0.717) is 6.61 Å². The number of allylic oxidation sites excluding steroid dienone is 1. The summed E-state index contributed by atoms with van der Waals surface area (Å²) in [7, 11) is 0. The molecule has 1 N–H and O–H groups in total. The highest BCUT2D eigenvalue weighted by atomic mass is 16.6. The highest BCUT2D eigenvalue weighted by Gasteiger charge is 2.31. The van der Waals surface area contributed by atoms with Gasteiger partial charge in [-0.15, -0.1) is 0 Å². The molecule has 3 heterocycles. The van der Waals surface area contributed by atoms with Crippen molar-refractivity contribution in [3.05, 3.63) is 77.5 Å². The summed E-state index contributed by atoms with van der Waals surface area (Å²) in [5.41, 5.74) is 8.20. The molecule has 0 aromatic heterocycles. The van der Waals surface area contributed by atoms with Gasteiger partial charge < -0.3 is 4.90 Å². The number of piperidine rings is 3. The molecule has 0 spiro atoms. The van der Waals surface area contributed by atoms with Crippen molar-refractivity contribution in [2.45, 2.75) is 25.9 Å². The number of fused-ring (bicyclic) bond motifs is 3. The molecule has 0 unspecified atom stereocenters. The van der Waals surface area contributed by atoms with E-state index >= 15 is 0 Å². The van der Waals surface area contributed by atoms with Gasteiger partial charge in [-0.3, -0.25) is 10.3 Å². The van der Waals surface area contributed by atoms with E-state index in [1.165, 1.54) is 42.8 Å². The Morgan fingerprint density at radius 2 is 1.62 bits per heavy atom. The van der Waals surface area contributed by atoms with Gasteiger partial charge in [0.2, 0.25) is 0 Å². The Kier molecular flexibility index (Phi) is 4.52. The number of rotatable bonds is 5. The smallest absolute Gasteiger partial charge is 0.0996 e. The number of nitrogens with one attached hydrogen (secondary N) is 1. The van der Waals surface area contributed by atoms with E-state index in [1.807, 2.05) is 18.2 Å². The molecule has 2 aromatic rings. The number of hydrogen-bond acceptors (Lipinski definition) is 3. The molecule has 0 aliphatic carbocycles. The maximum absolute atomic E-state index is 5.86. The van der Waals surface area contributed by atoms with Crippen LogP contribution in [0, 0.1) is 5.92 Å². The van der Waals surface area contributed by atoms with Crippen molar-refractivity contribution in [2.24, 2.45) is 5.92 Å². The van der Waals surface area contributed by atoms with E-state index < -0.39 is 0 Å². The number of hydrogen-bond donors (Lipinski definition) is 1. The number of nitrogens with zero attached hydrogens (tertiary/aromatic N) is 1. The molecule has 3 nitrogen and oxygen atoms in total. The summed E-state index contributed by atoms with van der Waals surface area (Å²) >= 11 is 0. The average molecular weight is 320 g/mol. The lowest BCUT2D eigenvalue weighted by Gasteiger charge is -2.43. The predicted octanol–water partition coefficient (Wildman–Crippen LogP) is 4.19. The first-order chi connectivity index (χ1) is 11.9. The summed E-state index contributed by atoms with van der Waals surface area (Å²) in [5, 5.41) is 0. The molecule has 2 bridgehead atoms. The molecule has 0 amide bonds. The number of benzene rings is 2. The average Bonchev–Trinajstić information content (AvgIpc) is 2.68. The van der Waals surface area contributed by atoms with E-state index in [1.54, 1.807) is 0 Å². The van der Waals surface area contributed by atoms with Gasteiger partial charge in [-0.1, -0.05) is 60.7 Å². The molecule has 24 heavy (non-hydrogen) atoms. The van der Waals surface area contributed by atoms with Crippen molar-refractivity contribution in [3.8, 4) is 0 Å². The third-order valence-electron chi connectivity index (χ3n) is 5.09. The highest BCUT2D eigenvalue weighted by Crippen LogP contribution is 2.37. The Labute approximate surface area is 143 Å². The molecule has 0 radical (unpaired) electrons. The molecular weight excluding hydrogens is 296 g/mol. The zero-order valence-corrected chi connectivity index (χ0v) is 13.9. The lowest BCUT2D eigenvalue weighted by molar-refractivity contribution is 0.0608. The van der Waals surface area contributed by atoms with Crippen LogP contribution in [0.1, 0.15) is 30.4 Å². The fourth-order valence-corrected chi connectivity index (χ4v) is 3.72. The van der Waals surface area contributed by atoms with Gasteiger partial charge in [0.25, 0.3) is 0 Å². The van der Waals surface area contributed by atoms with Crippen molar-refractivity contribution >= 4 is 5.70 Å². The summed E-state index contributed by atoms with van der Waals surface area (Å²) in [4.78, 5) is 8.39. The fraction of sp³-hybridized carbons (Fsp3) is 0.333. The standard InChI is InChI=1S/C21H24N2O/c1-3-7-18(8-4-1)16-24-22-21(19-9-5-2-6-10-19)20-15-17-11-13-23(20)14-12-17/h1-10,17,22H,11-16H2. The second-order valence-corrected chi connectivity index (χ2v) is 6.70. The molecule has 124 valence electrons. The molecule has 3 fully saturated rings. The van der Waals surface area contributed by atoms with Gasteiger partial charge in [-0.2, -0.15) is 0 Å². The maximum Gasteiger partial charge on any atom is 0.0996 e. The molecule has 3 aliphatic rings. The molecule has 3 heteroatoms. The molecular formula is C21H24N2O. The van der Waals surface area contributed by atoms with Crippen LogP contribution < -0.4 is 5.48 Å². The minimum atomic E-state index is 0.563. The lowest BCUT2D eigenvalue weighted by Crippen LogP contribution is -2.41. The van der Waals surface area contributed by atoms with Crippen molar-refractivity contribution in [1.29, 1.82) is 0 Å². The summed E-state index contributed by atoms with van der Waals surface area (Å²) in [6, 6.07) is 20.8. The highest BCUT2D eigenvalue weighted by molar-refractivity contribution is 5.66. The minimum Gasteiger partial charge on any atom is -0.373 e. The second kappa shape index (κ2) is 7.10. The van der Waals surface area contributed by atoms with E-state index in [-0.39, 0.29) is 0 Å². The van der Waals surface area contributed by atoms with Crippen LogP contribution in [0.2, 0.25) is 0 Å². The van der Waals surface area contributed by atoms with Gasteiger partial charge in [0.15, 0.2) is 0 Å². The molecule has 3 aliphatic heterocycles. The van der Waals surface area contributed by atoms with E-state index in [2.05, 4.69) is 52.8 Å². The summed E-state index contributed by atoms with van der Waals surface area (Å²) in [6.07, 6.45) is 3.82. The van der Waals surface area contributed by atoms with E-state index in [9.17, 15) is 0 Å². The molecule has 0 atom stereocenters. The third-order valence-corrected chi connectivity index (χ3v) is 5.09. The Hall–Kier alpha value is -2.26. The van der Waals surface area contributed by atoms with Gasteiger partial charge in [-0.25, -0.2) is 0 Å². The fourth-order valence-electron chi connectivity index (χ4n) is 3.72. The zero-order chi connectivity index (χ0) is 16.2. The van der Waals surface area contributed by atoms with E-state index in [0.717, 1.165) is 18.0 Å². The first-order valence-corrected chi connectivity index (χ1v) is 8.85. The molecule has 2 aromatic carbocycles. The summed E-state index contributed by atoms with van der Waals surface area (Å²) in [5.74, 6) is 0.833. The Morgan fingerprint density at radius 1 is 0.958 bits per heavy atom. The summed E-state index contributed by atoms with van der Waals surface area (Å²) < 4.78 is 0. The van der Waals surface area contributed by atoms with Gasteiger partial charge in [-0.05, 0) is 30.7 Å². The minimum absolute atomic E-state index is 0.563. The quantitative estimate of drug-likeness (QED) is 0.836. The van der Waals surface area contributed by atoms with Gasteiger partial charge >= 0.3 is 0 Å². The Bertz CT molecular complexity index is 688. The van der Waals surface area contributed by atoms with Gasteiger partial charge in [0.1, 0.15) is 0 Å². The maximum atomic E-state index is 5.86. The van der Waals surface area contributed by atoms with Crippen molar-refractivity contribution in [2.75, 3.05) is 13.1 Å². The first-order valence-electron chi connectivity index (χ1n) is 8.85. The van der Waals surface area contributed by atoms with Crippen LogP contribution >= 0.6 is 0 Å². The largest absolute Gasteiger partial charge is 0.373 e. The normalized spacial score (nSPS) is 19.4. The monoisotopic (exact) mass is 320 g/mol. The molecule has 5 rings (SSSR count). The van der Waals surface area contributed by atoms with Crippen LogP contribution in [-0.2, 0) is 11.4 Å². The SMILES string of the molecule is c1ccc(CONC(=C2CC3CCN2CC3)c2ccccc2)cc1. The van der Waals surface area contributed by atoms with Gasteiger partial charge in [0.05, 0.1) is 12.3 Å². The van der Waals surface area contributed by atoms with Crippen LogP contribution in [0.5, 0.6) is 0 Å². The van der Waals surface area contributed by atoms with E-state index in [4.69, 9.17) is 4.84 Å². The van der Waals surface area contributed by atoms with Crippen LogP contribution in [0.15, 0.2) is 66.4 Å².